The number of aromatic nitrogens is 2. The number of fused-ring (bicyclic) bond motifs is 1. The largest absolute Gasteiger partial charge is 0.497 e. The molecule has 6 heteroatoms. The summed E-state index contributed by atoms with van der Waals surface area (Å²) in [5.74, 6) is 1.47. The van der Waals surface area contributed by atoms with Crippen molar-refractivity contribution in [3.63, 3.8) is 0 Å². The zero-order valence-corrected chi connectivity index (χ0v) is 14.1. The molecule has 0 spiro atoms. The molecule has 0 aliphatic carbocycles. The molecule has 3 aromatic rings. The summed E-state index contributed by atoms with van der Waals surface area (Å²) in [4.78, 5) is 18.8. The Labute approximate surface area is 144 Å². The van der Waals surface area contributed by atoms with Gasteiger partial charge in [0.1, 0.15) is 16.8 Å². The first kappa shape index (κ1) is 15.1. The van der Waals surface area contributed by atoms with E-state index in [1.165, 1.54) is 0 Å². The van der Waals surface area contributed by atoms with Crippen LogP contribution in [0, 0.1) is 0 Å². The second-order valence-electron chi connectivity index (χ2n) is 5.66. The summed E-state index contributed by atoms with van der Waals surface area (Å²) in [7, 11) is 1.65. The number of rotatable bonds is 4. The van der Waals surface area contributed by atoms with Crippen molar-refractivity contribution in [2.75, 3.05) is 12.9 Å². The quantitative estimate of drug-likeness (QED) is 0.733. The molecule has 0 N–H and O–H groups in total. The first-order chi connectivity index (χ1) is 11.7. The standard InChI is InChI=1S/C18H17N3O2S/c1-23-15-7-5-13(6-8-15)18-21(17(22)12-24-18)11-14-10-20-9-3-2-4-16(20)19-14/h2-10,18H,11-12H2,1H3/t18-/m1/s1. The number of benzene rings is 1. The van der Waals surface area contributed by atoms with E-state index >= 15 is 0 Å². The Hall–Kier alpha value is -2.47. The molecule has 24 heavy (non-hydrogen) atoms. The van der Waals surface area contributed by atoms with Crippen molar-refractivity contribution in [3.05, 3.63) is 66.1 Å². The lowest BCUT2D eigenvalue weighted by Gasteiger charge is -2.23. The molecule has 0 bridgehead atoms. The molecule has 0 saturated carbocycles. The van der Waals surface area contributed by atoms with E-state index in [1.807, 2.05) is 64.2 Å². The van der Waals surface area contributed by atoms with Gasteiger partial charge in [-0.05, 0) is 29.8 Å². The fraction of sp³-hybridized carbons (Fsp3) is 0.222. The van der Waals surface area contributed by atoms with E-state index in [2.05, 4.69) is 4.98 Å². The van der Waals surface area contributed by atoms with E-state index in [0.717, 1.165) is 22.7 Å². The van der Waals surface area contributed by atoms with Crippen molar-refractivity contribution in [2.24, 2.45) is 0 Å². The summed E-state index contributed by atoms with van der Waals surface area (Å²) in [6, 6.07) is 13.8. The predicted octanol–water partition coefficient (Wildman–Crippen LogP) is 3.12. The number of ether oxygens (including phenoxy) is 1. The molecule has 5 nitrogen and oxygen atoms in total. The molecule has 1 amide bonds. The highest BCUT2D eigenvalue weighted by Crippen LogP contribution is 2.39. The number of carbonyl (C=O) groups is 1. The molecule has 4 rings (SSSR count). The SMILES string of the molecule is COc1ccc([C@H]2SCC(=O)N2Cc2cn3ccccc3n2)cc1. The van der Waals surface area contributed by atoms with Gasteiger partial charge >= 0.3 is 0 Å². The molecule has 1 fully saturated rings. The first-order valence-electron chi connectivity index (χ1n) is 7.72. The second-order valence-corrected chi connectivity index (χ2v) is 6.73. The lowest BCUT2D eigenvalue weighted by Crippen LogP contribution is -2.27. The predicted molar refractivity (Wildman–Crippen MR) is 93.9 cm³/mol. The van der Waals surface area contributed by atoms with Gasteiger partial charge in [-0.25, -0.2) is 4.98 Å². The third-order valence-corrected chi connectivity index (χ3v) is 5.37. The molecule has 3 heterocycles. The minimum absolute atomic E-state index is 0.0215. The Morgan fingerprint density at radius 2 is 2.08 bits per heavy atom. The highest BCUT2D eigenvalue weighted by atomic mass is 32.2. The zero-order valence-electron chi connectivity index (χ0n) is 13.3. The van der Waals surface area contributed by atoms with Crippen molar-refractivity contribution in [1.29, 1.82) is 0 Å². The van der Waals surface area contributed by atoms with E-state index in [9.17, 15) is 4.79 Å². The Balaban J connectivity index is 1.60. The average molecular weight is 339 g/mol. The van der Waals surface area contributed by atoms with Gasteiger partial charge in [0.15, 0.2) is 0 Å². The second kappa shape index (κ2) is 6.20. The molecule has 122 valence electrons. The van der Waals surface area contributed by atoms with Gasteiger partial charge in [-0.15, -0.1) is 11.8 Å². The highest BCUT2D eigenvalue weighted by Gasteiger charge is 2.33. The molecule has 0 radical (unpaired) electrons. The lowest BCUT2D eigenvalue weighted by atomic mass is 10.2. The van der Waals surface area contributed by atoms with Crippen molar-refractivity contribution >= 4 is 23.3 Å². The van der Waals surface area contributed by atoms with E-state index in [-0.39, 0.29) is 11.3 Å². The van der Waals surface area contributed by atoms with Crippen LogP contribution in [0.25, 0.3) is 5.65 Å². The van der Waals surface area contributed by atoms with Crippen LogP contribution in [0.2, 0.25) is 0 Å². The van der Waals surface area contributed by atoms with Gasteiger partial charge in [0, 0.05) is 12.4 Å². The van der Waals surface area contributed by atoms with Crippen LogP contribution in [0.15, 0.2) is 54.9 Å². The monoisotopic (exact) mass is 339 g/mol. The van der Waals surface area contributed by atoms with Gasteiger partial charge in [-0.3, -0.25) is 4.79 Å². The van der Waals surface area contributed by atoms with Crippen LogP contribution in [0.1, 0.15) is 16.6 Å². The summed E-state index contributed by atoms with van der Waals surface area (Å²) in [6.45, 7) is 0.518. The Morgan fingerprint density at radius 3 is 2.83 bits per heavy atom. The molecule has 1 atom stereocenters. The van der Waals surface area contributed by atoms with Crippen LogP contribution in [0.3, 0.4) is 0 Å². The average Bonchev–Trinajstić information content (AvgIpc) is 3.19. The normalized spacial score (nSPS) is 17.6. The number of carbonyl (C=O) groups excluding carboxylic acids is 1. The Kier molecular flexibility index (Phi) is 3.90. The van der Waals surface area contributed by atoms with Crippen LogP contribution < -0.4 is 4.74 Å². The Morgan fingerprint density at radius 1 is 1.25 bits per heavy atom. The van der Waals surface area contributed by atoms with Gasteiger partial charge < -0.3 is 14.0 Å². The van der Waals surface area contributed by atoms with Crippen LogP contribution in [0.4, 0.5) is 0 Å². The number of hydrogen-bond acceptors (Lipinski definition) is 4. The lowest BCUT2D eigenvalue weighted by molar-refractivity contribution is -0.128. The fourth-order valence-corrected chi connectivity index (χ4v) is 4.10. The summed E-state index contributed by atoms with van der Waals surface area (Å²) in [5.41, 5.74) is 2.90. The Bertz CT molecular complexity index is 842. The van der Waals surface area contributed by atoms with Crippen molar-refractivity contribution in [2.45, 2.75) is 11.9 Å². The number of hydrogen-bond donors (Lipinski definition) is 0. The molecular formula is C18H17N3O2S. The maximum Gasteiger partial charge on any atom is 0.234 e. The number of thioether (sulfide) groups is 1. The van der Waals surface area contributed by atoms with E-state index in [0.29, 0.717) is 12.3 Å². The third kappa shape index (κ3) is 2.73. The molecule has 2 aromatic heterocycles. The molecule has 1 aliphatic heterocycles. The summed E-state index contributed by atoms with van der Waals surface area (Å²) < 4.78 is 7.19. The minimum Gasteiger partial charge on any atom is -0.497 e. The minimum atomic E-state index is 0.0215. The van der Waals surface area contributed by atoms with Gasteiger partial charge in [-0.1, -0.05) is 18.2 Å². The van der Waals surface area contributed by atoms with Crippen molar-refractivity contribution < 1.29 is 9.53 Å². The number of amides is 1. The van der Waals surface area contributed by atoms with Crippen LogP contribution in [0.5, 0.6) is 5.75 Å². The number of methoxy groups -OCH3 is 1. The summed E-state index contributed by atoms with van der Waals surface area (Å²) in [5, 5.41) is 0.0215. The van der Waals surface area contributed by atoms with E-state index in [4.69, 9.17) is 4.74 Å². The van der Waals surface area contributed by atoms with Gasteiger partial charge in [-0.2, -0.15) is 0 Å². The van der Waals surface area contributed by atoms with Crippen molar-refractivity contribution in [1.82, 2.24) is 14.3 Å². The fourth-order valence-electron chi connectivity index (χ4n) is 2.91. The summed E-state index contributed by atoms with van der Waals surface area (Å²) >= 11 is 1.65. The number of nitrogens with zero attached hydrogens (tertiary/aromatic N) is 3. The van der Waals surface area contributed by atoms with Crippen LogP contribution >= 0.6 is 11.8 Å². The molecule has 1 aromatic carbocycles. The maximum absolute atomic E-state index is 12.3. The third-order valence-electron chi connectivity index (χ3n) is 4.12. The molecule has 0 unspecified atom stereocenters. The topological polar surface area (TPSA) is 46.8 Å². The first-order valence-corrected chi connectivity index (χ1v) is 8.77. The number of pyridine rings is 1. The molecular weight excluding hydrogens is 322 g/mol. The smallest absolute Gasteiger partial charge is 0.234 e. The zero-order chi connectivity index (χ0) is 16.5. The number of imidazole rings is 1. The molecule has 1 aliphatic rings. The van der Waals surface area contributed by atoms with Gasteiger partial charge in [0.05, 0.1) is 25.1 Å². The maximum atomic E-state index is 12.3. The highest BCUT2D eigenvalue weighted by molar-refractivity contribution is 8.00. The summed E-state index contributed by atoms with van der Waals surface area (Å²) in [6.07, 6.45) is 3.95. The molecule has 1 saturated heterocycles. The van der Waals surface area contributed by atoms with Gasteiger partial charge in [0.25, 0.3) is 0 Å². The van der Waals surface area contributed by atoms with E-state index < -0.39 is 0 Å². The van der Waals surface area contributed by atoms with Crippen LogP contribution in [-0.4, -0.2) is 33.1 Å². The van der Waals surface area contributed by atoms with E-state index in [1.54, 1.807) is 18.9 Å². The van der Waals surface area contributed by atoms with Crippen molar-refractivity contribution in [3.8, 4) is 5.75 Å². The van der Waals surface area contributed by atoms with Gasteiger partial charge in [0.2, 0.25) is 5.91 Å². The van der Waals surface area contributed by atoms with Crippen LogP contribution in [-0.2, 0) is 11.3 Å².